The Morgan fingerprint density at radius 1 is 1.35 bits per heavy atom. The van der Waals surface area contributed by atoms with Gasteiger partial charge in [-0.3, -0.25) is 11.3 Å². The number of rotatable bonds is 8. The van der Waals surface area contributed by atoms with Crippen molar-refractivity contribution in [2.75, 3.05) is 0 Å². The molecule has 3 N–H and O–H groups in total. The van der Waals surface area contributed by atoms with E-state index >= 15 is 0 Å². The van der Waals surface area contributed by atoms with Crippen molar-refractivity contribution in [1.29, 1.82) is 0 Å². The topological polar surface area (TPSA) is 63.8 Å². The fraction of sp³-hybridized carbons (Fsp3) is 0.833. The van der Waals surface area contributed by atoms with Gasteiger partial charge in [-0.15, -0.1) is 5.10 Å². The molecule has 98 valence electrons. The fourth-order valence-corrected chi connectivity index (χ4v) is 2.92. The SMILES string of the molecule is CCCc1nnsc1C(CC(C)CCC)NN. The lowest BCUT2D eigenvalue weighted by Crippen LogP contribution is -2.29. The maximum absolute atomic E-state index is 5.67. The van der Waals surface area contributed by atoms with Crippen molar-refractivity contribution in [3.8, 4) is 0 Å². The third-order valence-electron chi connectivity index (χ3n) is 3.01. The lowest BCUT2D eigenvalue weighted by Gasteiger charge is -2.19. The molecule has 1 aromatic heterocycles. The van der Waals surface area contributed by atoms with Crippen LogP contribution in [-0.2, 0) is 6.42 Å². The molecule has 2 unspecified atom stereocenters. The lowest BCUT2D eigenvalue weighted by atomic mass is 9.96. The van der Waals surface area contributed by atoms with Gasteiger partial charge in [-0.2, -0.15) is 0 Å². The first kappa shape index (κ1) is 14.5. The van der Waals surface area contributed by atoms with E-state index in [2.05, 4.69) is 35.8 Å². The molecule has 0 radical (unpaired) electrons. The van der Waals surface area contributed by atoms with Crippen molar-refractivity contribution in [3.05, 3.63) is 10.6 Å². The molecule has 0 saturated heterocycles. The van der Waals surface area contributed by atoms with Crippen LogP contribution in [0.2, 0.25) is 0 Å². The van der Waals surface area contributed by atoms with Crippen LogP contribution < -0.4 is 11.3 Å². The van der Waals surface area contributed by atoms with Gasteiger partial charge >= 0.3 is 0 Å². The Morgan fingerprint density at radius 2 is 2.12 bits per heavy atom. The smallest absolute Gasteiger partial charge is 0.0804 e. The highest BCUT2D eigenvalue weighted by Gasteiger charge is 2.19. The van der Waals surface area contributed by atoms with Crippen molar-refractivity contribution < 1.29 is 0 Å². The quantitative estimate of drug-likeness (QED) is 0.554. The molecule has 0 aliphatic heterocycles. The zero-order valence-electron chi connectivity index (χ0n) is 11.1. The molecule has 2 atom stereocenters. The molecule has 4 nitrogen and oxygen atoms in total. The Bertz CT molecular complexity index is 313. The Hall–Kier alpha value is -0.520. The van der Waals surface area contributed by atoms with Gasteiger partial charge in [-0.1, -0.05) is 44.5 Å². The predicted molar refractivity (Wildman–Crippen MR) is 72.7 cm³/mol. The highest BCUT2D eigenvalue weighted by atomic mass is 32.1. The number of nitrogens with zero attached hydrogens (tertiary/aromatic N) is 2. The summed E-state index contributed by atoms with van der Waals surface area (Å²) in [6.07, 6.45) is 5.62. The van der Waals surface area contributed by atoms with Crippen LogP contribution in [0.1, 0.15) is 63.1 Å². The minimum atomic E-state index is 0.207. The van der Waals surface area contributed by atoms with E-state index < -0.39 is 0 Å². The average Bonchev–Trinajstić information content (AvgIpc) is 2.75. The standard InChI is InChI=1S/C12H24N4S/c1-4-6-9(3)8-11(14-13)12-10(7-5-2)15-16-17-12/h9,11,14H,4-8,13H2,1-3H3. The molecule has 0 amide bonds. The maximum Gasteiger partial charge on any atom is 0.0804 e. The van der Waals surface area contributed by atoms with Crippen LogP contribution in [0.5, 0.6) is 0 Å². The highest BCUT2D eigenvalue weighted by Crippen LogP contribution is 2.28. The average molecular weight is 256 g/mol. The summed E-state index contributed by atoms with van der Waals surface area (Å²) in [6.45, 7) is 6.66. The van der Waals surface area contributed by atoms with Crippen molar-refractivity contribution >= 4 is 11.5 Å². The summed E-state index contributed by atoms with van der Waals surface area (Å²) in [4.78, 5) is 1.22. The zero-order valence-corrected chi connectivity index (χ0v) is 11.9. The van der Waals surface area contributed by atoms with Gasteiger partial charge in [-0.05, 0) is 30.3 Å². The fourth-order valence-electron chi connectivity index (χ4n) is 2.15. The van der Waals surface area contributed by atoms with E-state index in [1.807, 2.05) is 0 Å². The summed E-state index contributed by atoms with van der Waals surface area (Å²) in [5.74, 6) is 6.35. The lowest BCUT2D eigenvalue weighted by molar-refractivity contribution is 0.396. The number of hydrogen-bond donors (Lipinski definition) is 2. The van der Waals surface area contributed by atoms with Crippen LogP contribution in [0, 0.1) is 5.92 Å². The molecule has 1 aromatic rings. The summed E-state index contributed by atoms with van der Waals surface area (Å²) in [5.41, 5.74) is 4.04. The van der Waals surface area contributed by atoms with Crippen LogP contribution in [0.3, 0.4) is 0 Å². The monoisotopic (exact) mass is 256 g/mol. The number of nitrogens with one attached hydrogen (secondary N) is 1. The van der Waals surface area contributed by atoms with Gasteiger partial charge in [0.2, 0.25) is 0 Å². The number of aromatic nitrogens is 2. The normalized spacial score (nSPS) is 14.8. The molecule has 0 fully saturated rings. The van der Waals surface area contributed by atoms with Gasteiger partial charge in [0, 0.05) is 0 Å². The van der Waals surface area contributed by atoms with Gasteiger partial charge in [0.25, 0.3) is 0 Å². The second-order valence-electron chi connectivity index (χ2n) is 4.68. The van der Waals surface area contributed by atoms with Gasteiger partial charge in [-0.25, -0.2) is 0 Å². The molecule has 0 saturated carbocycles. The molecule has 0 aromatic carbocycles. The molecule has 5 heteroatoms. The second kappa shape index (κ2) is 7.74. The third-order valence-corrected chi connectivity index (χ3v) is 3.89. The van der Waals surface area contributed by atoms with E-state index in [4.69, 9.17) is 5.84 Å². The molecule has 0 bridgehead atoms. The van der Waals surface area contributed by atoms with Gasteiger partial charge in [0.05, 0.1) is 16.6 Å². The Kier molecular flexibility index (Phi) is 6.62. The number of hydrogen-bond acceptors (Lipinski definition) is 5. The first-order valence-electron chi connectivity index (χ1n) is 6.50. The largest absolute Gasteiger partial charge is 0.271 e. The van der Waals surface area contributed by atoms with E-state index in [0.29, 0.717) is 5.92 Å². The van der Waals surface area contributed by atoms with Crippen molar-refractivity contribution in [3.63, 3.8) is 0 Å². The van der Waals surface area contributed by atoms with Crippen LogP contribution in [-0.4, -0.2) is 9.59 Å². The Morgan fingerprint density at radius 3 is 2.71 bits per heavy atom. The van der Waals surface area contributed by atoms with Crippen molar-refractivity contribution in [2.45, 2.75) is 58.9 Å². The number of hydrazine groups is 1. The van der Waals surface area contributed by atoms with Crippen molar-refractivity contribution in [2.24, 2.45) is 11.8 Å². The molecule has 0 aliphatic carbocycles. The van der Waals surface area contributed by atoms with E-state index in [-0.39, 0.29) is 6.04 Å². The summed E-state index contributed by atoms with van der Waals surface area (Å²) >= 11 is 1.48. The van der Waals surface area contributed by atoms with E-state index in [1.54, 1.807) is 0 Å². The van der Waals surface area contributed by atoms with Gasteiger partial charge < -0.3 is 0 Å². The Labute approximate surface area is 108 Å². The summed E-state index contributed by atoms with van der Waals surface area (Å²) < 4.78 is 4.06. The third kappa shape index (κ3) is 4.33. The van der Waals surface area contributed by atoms with Crippen LogP contribution in [0.15, 0.2) is 0 Å². The second-order valence-corrected chi connectivity index (χ2v) is 5.47. The van der Waals surface area contributed by atoms with Crippen LogP contribution in [0.4, 0.5) is 0 Å². The first-order valence-corrected chi connectivity index (χ1v) is 7.27. The van der Waals surface area contributed by atoms with Gasteiger partial charge in [0.1, 0.15) is 0 Å². The number of nitrogens with two attached hydrogens (primary N) is 1. The molecule has 17 heavy (non-hydrogen) atoms. The molecular weight excluding hydrogens is 232 g/mol. The van der Waals surface area contributed by atoms with Gasteiger partial charge in [0.15, 0.2) is 0 Å². The zero-order chi connectivity index (χ0) is 12.7. The summed E-state index contributed by atoms with van der Waals surface area (Å²) in [5, 5.41) is 4.20. The molecule has 1 heterocycles. The first-order chi connectivity index (χ1) is 8.22. The van der Waals surface area contributed by atoms with E-state index in [9.17, 15) is 0 Å². The minimum Gasteiger partial charge on any atom is -0.271 e. The Balaban J connectivity index is 2.68. The van der Waals surface area contributed by atoms with E-state index in [1.165, 1.54) is 29.3 Å². The van der Waals surface area contributed by atoms with E-state index in [0.717, 1.165) is 25.0 Å². The summed E-state index contributed by atoms with van der Waals surface area (Å²) in [7, 11) is 0. The summed E-state index contributed by atoms with van der Waals surface area (Å²) in [6, 6.07) is 0.207. The van der Waals surface area contributed by atoms with Crippen LogP contribution in [0.25, 0.3) is 0 Å². The van der Waals surface area contributed by atoms with Crippen LogP contribution >= 0.6 is 11.5 Å². The molecule has 0 spiro atoms. The molecule has 0 aliphatic rings. The number of aryl methyl sites for hydroxylation is 1. The van der Waals surface area contributed by atoms with Crippen molar-refractivity contribution in [1.82, 2.24) is 15.0 Å². The highest BCUT2D eigenvalue weighted by molar-refractivity contribution is 7.05. The minimum absolute atomic E-state index is 0.207. The molecular formula is C12H24N4S. The predicted octanol–water partition coefficient (Wildman–Crippen LogP) is 2.82. The molecule has 1 rings (SSSR count). The maximum atomic E-state index is 5.67.